The van der Waals surface area contributed by atoms with Crippen molar-refractivity contribution >= 4 is 11.4 Å². The Bertz CT molecular complexity index is 926. The van der Waals surface area contributed by atoms with Crippen molar-refractivity contribution in [3.63, 3.8) is 0 Å². The standard InChI is InChI=1S/C19H21N3O2/c1-11(2)16-10-15(13(4)23)20-19-18(12(3)21-22(16)19)14-8-6-7-9-17(14)24-5/h6-11H,1-5H3. The predicted molar refractivity (Wildman–Crippen MR) is 93.8 cm³/mol. The maximum absolute atomic E-state index is 11.9. The molecule has 0 atom stereocenters. The topological polar surface area (TPSA) is 56.5 Å². The third kappa shape index (κ3) is 2.56. The van der Waals surface area contributed by atoms with Crippen LogP contribution in [0.2, 0.25) is 0 Å². The third-order valence-electron chi connectivity index (χ3n) is 4.12. The Labute approximate surface area is 141 Å². The average molecular weight is 323 g/mol. The van der Waals surface area contributed by atoms with E-state index in [0.29, 0.717) is 11.3 Å². The van der Waals surface area contributed by atoms with E-state index in [9.17, 15) is 4.79 Å². The van der Waals surface area contributed by atoms with Crippen LogP contribution in [0.4, 0.5) is 0 Å². The second kappa shape index (κ2) is 6.07. The zero-order chi connectivity index (χ0) is 17.4. The van der Waals surface area contributed by atoms with E-state index in [1.807, 2.05) is 41.8 Å². The molecule has 3 aromatic rings. The molecule has 0 bridgehead atoms. The van der Waals surface area contributed by atoms with Crippen LogP contribution < -0.4 is 4.74 Å². The molecular formula is C19H21N3O2. The Morgan fingerprint density at radius 3 is 2.58 bits per heavy atom. The fourth-order valence-electron chi connectivity index (χ4n) is 2.90. The van der Waals surface area contributed by atoms with Gasteiger partial charge in [0.15, 0.2) is 11.4 Å². The Kier molecular flexibility index (Phi) is 4.09. The highest BCUT2D eigenvalue weighted by Crippen LogP contribution is 2.35. The Hall–Kier alpha value is -2.69. The summed E-state index contributed by atoms with van der Waals surface area (Å²) in [5.74, 6) is 0.930. The lowest BCUT2D eigenvalue weighted by Gasteiger charge is -2.11. The van der Waals surface area contributed by atoms with Crippen molar-refractivity contribution in [1.82, 2.24) is 14.6 Å². The van der Waals surface area contributed by atoms with Crippen LogP contribution in [0.5, 0.6) is 5.75 Å². The van der Waals surface area contributed by atoms with Crippen LogP contribution in [-0.4, -0.2) is 27.5 Å². The molecule has 0 spiro atoms. The molecular weight excluding hydrogens is 302 g/mol. The summed E-state index contributed by atoms with van der Waals surface area (Å²) in [5, 5.41) is 4.67. The number of ether oxygens (including phenoxy) is 1. The molecule has 0 unspecified atom stereocenters. The van der Waals surface area contributed by atoms with Gasteiger partial charge in [-0.25, -0.2) is 9.50 Å². The van der Waals surface area contributed by atoms with Crippen molar-refractivity contribution in [3.8, 4) is 16.9 Å². The number of para-hydroxylation sites is 1. The first-order valence-corrected chi connectivity index (χ1v) is 7.98. The van der Waals surface area contributed by atoms with Gasteiger partial charge in [-0.1, -0.05) is 32.0 Å². The number of nitrogens with zero attached hydrogens (tertiary/aromatic N) is 3. The molecule has 5 heteroatoms. The molecule has 3 rings (SSSR count). The number of hydrogen-bond donors (Lipinski definition) is 0. The second-order valence-corrected chi connectivity index (χ2v) is 6.17. The summed E-state index contributed by atoms with van der Waals surface area (Å²) >= 11 is 0. The van der Waals surface area contributed by atoms with Gasteiger partial charge >= 0.3 is 0 Å². The van der Waals surface area contributed by atoms with Crippen LogP contribution in [0.1, 0.15) is 48.6 Å². The second-order valence-electron chi connectivity index (χ2n) is 6.17. The van der Waals surface area contributed by atoms with Crippen molar-refractivity contribution in [3.05, 3.63) is 47.4 Å². The Balaban J connectivity index is 2.41. The molecule has 0 aliphatic carbocycles. The minimum Gasteiger partial charge on any atom is -0.496 e. The van der Waals surface area contributed by atoms with Crippen molar-refractivity contribution in [2.75, 3.05) is 7.11 Å². The molecule has 0 aliphatic rings. The summed E-state index contributed by atoms with van der Waals surface area (Å²) in [5.41, 5.74) is 4.80. The highest BCUT2D eigenvalue weighted by molar-refractivity contribution is 5.94. The molecule has 2 aromatic heterocycles. The van der Waals surface area contributed by atoms with Crippen molar-refractivity contribution in [2.45, 2.75) is 33.6 Å². The first kappa shape index (κ1) is 16.2. The highest BCUT2D eigenvalue weighted by atomic mass is 16.5. The largest absolute Gasteiger partial charge is 0.496 e. The summed E-state index contributed by atoms with van der Waals surface area (Å²) < 4.78 is 7.34. The van der Waals surface area contributed by atoms with Crippen LogP contribution in [0.15, 0.2) is 30.3 Å². The third-order valence-corrected chi connectivity index (χ3v) is 4.12. The number of aryl methyl sites for hydroxylation is 1. The van der Waals surface area contributed by atoms with E-state index in [1.54, 1.807) is 7.11 Å². The highest BCUT2D eigenvalue weighted by Gasteiger charge is 2.21. The molecule has 2 heterocycles. The van der Waals surface area contributed by atoms with Gasteiger partial charge in [0.2, 0.25) is 0 Å². The minimum absolute atomic E-state index is 0.0516. The molecule has 0 aliphatic heterocycles. The van der Waals surface area contributed by atoms with Gasteiger partial charge in [-0.05, 0) is 25.0 Å². The van der Waals surface area contributed by atoms with Gasteiger partial charge < -0.3 is 4.74 Å². The summed E-state index contributed by atoms with van der Waals surface area (Å²) in [7, 11) is 1.65. The van der Waals surface area contributed by atoms with E-state index in [2.05, 4.69) is 23.9 Å². The normalized spacial score (nSPS) is 11.2. The molecule has 0 saturated heterocycles. The summed E-state index contributed by atoms with van der Waals surface area (Å²) in [6.45, 7) is 7.65. The zero-order valence-electron chi connectivity index (χ0n) is 14.6. The number of aromatic nitrogens is 3. The van der Waals surface area contributed by atoms with Crippen molar-refractivity contribution in [2.24, 2.45) is 0 Å². The summed E-state index contributed by atoms with van der Waals surface area (Å²) in [6.07, 6.45) is 0. The van der Waals surface area contributed by atoms with Gasteiger partial charge in [-0.2, -0.15) is 5.10 Å². The van der Waals surface area contributed by atoms with Crippen molar-refractivity contribution < 1.29 is 9.53 Å². The first-order valence-electron chi connectivity index (χ1n) is 7.98. The molecule has 0 radical (unpaired) electrons. The molecule has 5 nitrogen and oxygen atoms in total. The number of rotatable bonds is 4. The monoisotopic (exact) mass is 323 g/mol. The van der Waals surface area contributed by atoms with E-state index in [4.69, 9.17) is 4.74 Å². The number of carbonyl (C=O) groups excluding carboxylic acids is 1. The van der Waals surface area contributed by atoms with E-state index < -0.39 is 0 Å². The maximum atomic E-state index is 11.9. The Morgan fingerprint density at radius 2 is 1.96 bits per heavy atom. The lowest BCUT2D eigenvalue weighted by Crippen LogP contribution is -2.07. The van der Waals surface area contributed by atoms with Gasteiger partial charge in [0, 0.05) is 18.2 Å². The zero-order valence-corrected chi connectivity index (χ0v) is 14.6. The molecule has 0 saturated carbocycles. The SMILES string of the molecule is COc1ccccc1-c1c(C)nn2c(C(C)C)cc(C(C)=O)nc12. The van der Waals surface area contributed by atoms with Crippen LogP contribution >= 0.6 is 0 Å². The van der Waals surface area contributed by atoms with Crippen LogP contribution in [0, 0.1) is 6.92 Å². The van der Waals surface area contributed by atoms with Gasteiger partial charge in [0.25, 0.3) is 0 Å². The average Bonchev–Trinajstić information content (AvgIpc) is 2.89. The van der Waals surface area contributed by atoms with Crippen LogP contribution in [-0.2, 0) is 0 Å². The van der Waals surface area contributed by atoms with E-state index >= 15 is 0 Å². The first-order chi connectivity index (χ1) is 11.4. The number of hydrogen-bond acceptors (Lipinski definition) is 4. The molecule has 0 N–H and O–H groups in total. The number of fused-ring (bicyclic) bond motifs is 1. The lowest BCUT2D eigenvalue weighted by molar-refractivity contribution is 0.101. The fraction of sp³-hybridized carbons (Fsp3) is 0.316. The number of ketones is 1. The van der Waals surface area contributed by atoms with E-state index in [0.717, 1.165) is 28.3 Å². The summed E-state index contributed by atoms with van der Waals surface area (Å²) in [4.78, 5) is 16.5. The van der Waals surface area contributed by atoms with Crippen LogP contribution in [0.25, 0.3) is 16.8 Å². The Morgan fingerprint density at radius 1 is 1.25 bits per heavy atom. The van der Waals surface area contributed by atoms with Gasteiger partial charge in [-0.15, -0.1) is 0 Å². The molecule has 24 heavy (non-hydrogen) atoms. The molecule has 0 amide bonds. The quantitative estimate of drug-likeness (QED) is 0.680. The lowest BCUT2D eigenvalue weighted by atomic mass is 10.0. The number of benzene rings is 1. The van der Waals surface area contributed by atoms with Gasteiger partial charge in [0.1, 0.15) is 11.4 Å². The minimum atomic E-state index is -0.0516. The molecule has 0 fully saturated rings. The van der Waals surface area contributed by atoms with E-state index in [1.165, 1.54) is 6.92 Å². The smallest absolute Gasteiger partial charge is 0.178 e. The van der Waals surface area contributed by atoms with E-state index in [-0.39, 0.29) is 11.7 Å². The number of carbonyl (C=O) groups is 1. The number of Topliss-reactive ketones (excluding diaryl/α,β-unsaturated/α-hetero) is 1. The van der Waals surface area contributed by atoms with Crippen molar-refractivity contribution in [1.29, 1.82) is 0 Å². The fourth-order valence-corrected chi connectivity index (χ4v) is 2.90. The molecule has 124 valence electrons. The maximum Gasteiger partial charge on any atom is 0.178 e. The number of methoxy groups -OCH3 is 1. The predicted octanol–water partition coefficient (Wildman–Crippen LogP) is 4.04. The van der Waals surface area contributed by atoms with Gasteiger partial charge in [0.05, 0.1) is 18.4 Å². The van der Waals surface area contributed by atoms with Gasteiger partial charge in [-0.3, -0.25) is 4.79 Å². The molecule has 1 aromatic carbocycles. The summed E-state index contributed by atoms with van der Waals surface area (Å²) in [6, 6.07) is 9.62. The van der Waals surface area contributed by atoms with Crippen LogP contribution in [0.3, 0.4) is 0 Å².